The Kier molecular flexibility index (Phi) is 5.15. The maximum absolute atomic E-state index is 12.0. The molecule has 6 nitrogen and oxygen atoms in total. The largest absolute Gasteiger partial charge is 0.396 e. The molecule has 2 aromatic rings. The molecule has 24 heavy (non-hydrogen) atoms. The first-order chi connectivity index (χ1) is 11.6. The summed E-state index contributed by atoms with van der Waals surface area (Å²) in [5.41, 5.74) is 8.90. The van der Waals surface area contributed by atoms with Gasteiger partial charge in [0.05, 0.1) is 11.9 Å². The lowest BCUT2D eigenvalue weighted by Gasteiger charge is -2.17. The molecule has 0 radical (unpaired) electrons. The van der Waals surface area contributed by atoms with Gasteiger partial charge in [0, 0.05) is 25.8 Å². The molecule has 1 saturated heterocycles. The molecule has 1 atom stereocenters. The number of carbonyl (C=O) groups is 1. The number of likely N-dealkylation sites (tertiary alicyclic amines) is 1. The summed E-state index contributed by atoms with van der Waals surface area (Å²) in [4.78, 5) is 14.4. The molecule has 1 aliphatic heterocycles. The number of nitrogens with one attached hydrogen (secondary N) is 1. The summed E-state index contributed by atoms with van der Waals surface area (Å²) in [6.45, 7) is 6.21. The lowest BCUT2D eigenvalue weighted by molar-refractivity contribution is -0.122. The quantitative estimate of drug-likeness (QED) is 0.841. The average Bonchev–Trinajstić information content (AvgIpc) is 3.17. The van der Waals surface area contributed by atoms with E-state index in [1.165, 1.54) is 11.1 Å². The van der Waals surface area contributed by atoms with Gasteiger partial charge in [-0.15, -0.1) is 0 Å². The Bertz CT molecular complexity index is 696. The van der Waals surface area contributed by atoms with E-state index in [1.807, 2.05) is 0 Å². The van der Waals surface area contributed by atoms with Crippen LogP contribution in [0.5, 0.6) is 0 Å². The number of anilines is 1. The van der Waals surface area contributed by atoms with Crippen LogP contribution >= 0.6 is 0 Å². The molecule has 1 aromatic heterocycles. The Balaban J connectivity index is 1.41. The number of aryl methyl sites for hydroxylation is 1. The minimum absolute atomic E-state index is 0.0181. The third-order valence-electron chi connectivity index (χ3n) is 4.57. The van der Waals surface area contributed by atoms with E-state index >= 15 is 0 Å². The van der Waals surface area contributed by atoms with Crippen LogP contribution in [0.3, 0.4) is 0 Å². The third-order valence-corrected chi connectivity index (χ3v) is 4.57. The van der Waals surface area contributed by atoms with Gasteiger partial charge in [-0.1, -0.05) is 24.3 Å². The van der Waals surface area contributed by atoms with Gasteiger partial charge in [0.1, 0.15) is 6.54 Å². The van der Waals surface area contributed by atoms with Crippen LogP contribution in [0.2, 0.25) is 0 Å². The average molecular weight is 327 g/mol. The first-order valence-corrected chi connectivity index (χ1v) is 8.41. The smallest absolute Gasteiger partial charge is 0.241 e. The van der Waals surface area contributed by atoms with Crippen molar-refractivity contribution in [2.45, 2.75) is 26.4 Å². The third kappa shape index (κ3) is 4.35. The van der Waals surface area contributed by atoms with Gasteiger partial charge < -0.3 is 11.1 Å². The van der Waals surface area contributed by atoms with E-state index in [-0.39, 0.29) is 12.5 Å². The van der Waals surface area contributed by atoms with Gasteiger partial charge in [0.2, 0.25) is 5.91 Å². The lowest BCUT2D eigenvalue weighted by atomic mass is 10.1. The highest BCUT2D eigenvalue weighted by atomic mass is 16.2. The predicted molar refractivity (Wildman–Crippen MR) is 94.2 cm³/mol. The summed E-state index contributed by atoms with van der Waals surface area (Å²) in [5, 5.41) is 7.04. The number of amides is 1. The molecule has 6 heteroatoms. The summed E-state index contributed by atoms with van der Waals surface area (Å²) < 4.78 is 1.56. The number of rotatable bonds is 6. The van der Waals surface area contributed by atoms with Crippen LogP contribution in [0, 0.1) is 12.8 Å². The fraction of sp³-hybridized carbons (Fsp3) is 0.444. The first kappa shape index (κ1) is 16.5. The number of aromatic nitrogens is 2. The molecule has 1 aliphatic rings. The molecule has 1 fully saturated rings. The summed E-state index contributed by atoms with van der Waals surface area (Å²) >= 11 is 0. The Morgan fingerprint density at radius 3 is 3.00 bits per heavy atom. The fourth-order valence-electron chi connectivity index (χ4n) is 3.18. The number of nitrogen functional groups attached to an aromatic ring is 1. The molecule has 0 spiro atoms. The number of nitrogens with zero attached hydrogens (tertiary/aromatic N) is 3. The molecule has 0 bridgehead atoms. The molecular formula is C18H25N5O. The predicted octanol–water partition coefficient (Wildman–Crippen LogP) is 1.41. The second kappa shape index (κ2) is 7.49. The van der Waals surface area contributed by atoms with E-state index < -0.39 is 0 Å². The zero-order valence-corrected chi connectivity index (χ0v) is 14.1. The SMILES string of the molecule is Cc1ccccc1CN1CC[C@H](CNC(=O)Cn2cc(N)cn2)C1. The van der Waals surface area contributed by atoms with Gasteiger partial charge >= 0.3 is 0 Å². The van der Waals surface area contributed by atoms with E-state index in [0.717, 1.165) is 32.6 Å². The Hall–Kier alpha value is -2.34. The van der Waals surface area contributed by atoms with Gasteiger partial charge in [0.25, 0.3) is 0 Å². The van der Waals surface area contributed by atoms with Gasteiger partial charge in [-0.25, -0.2) is 0 Å². The highest BCUT2D eigenvalue weighted by molar-refractivity contribution is 5.75. The highest BCUT2D eigenvalue weighted by Crippen LogP contribution is 2.19. The van der Waals surface area contributed by atoms with Crippen molar-refractivity contribution in [1.29, 1.82) is 0 Å². The molecule has 128 valence electrons. The van der Waals surface area contributed by atoms with Crippen molar-refractivity contribution >= 4 is 11.6 Å². The second-order valence-electron chi connectivity index (χ2n) is 6.59. The van der Waals surface area contributed by atoms with Crippen LogP contribution in [0.25, 0.3) is 0 Å². The monoisotopic (exact) mass is 327 g/mol. The van der Waals surface area contributed by atoms with Crippen molar-refractivity contribution in [3.63, 3.8) is 0 Å². The number of carbonyl (C=O) groups excluding carboxylic acids is 1. The van der Waals surface area contributed by atoms with Crippen molar-refractivity contribution in [3.05, 3.63) is 47.8 Å². The van der Waals surface area contributed by atoms with E-state index in [9.17, 15) is 4.79 Å². The van der Waals surface area contributed by atoms with Crippen LogP contribution in [0.1, 0.15) is 17.5 Å². The molecule has 3 N–H and O–H groups in total. The van der Waals surface area contributed by atoms with Crippen LogP contribution in [-0.2, 0) is 17.9 Å². The molecule has 1 amide bonds. The number of hydrogen-bond donors (Lipinski definition) is 2. The number of nitrogens with two attached hydrogens (primary N) is 1. The van der Waals surface area contributed by atoms with Crippen molar-refractivity contribution < 1.29 is 4.79 Å². The van der Waals surface area contributed by atoms with E-state index in [2.05, 4.69) is 46.5 Å². The van der Waals surface area contributed by atoms with Crippen molar-refractivity contribution in [2.75, 3.05) is 25.4 Å². The normalized spacial score (nSPS) is 18.0. The van der Waals surface area contributed by atoms with Crippen LogP contribution < -0.4 is 11.1 Å². The molecule has 0 unspecified atom stereocenters. The maximum Gasteiger partial charge on any atom is 0.241 e. The van der Waals surface area contributed by atoms with Crippen molar-refractivity contribution in [3.8, 4) is 0 Å². The molecule has 2 heterocycles. The van der Waals surface area contributed by atoms with Crippen LogP contribution in [0.15, 0.2) is 36.7 Å². The summed E-state index contributed by atoms with van der Waals surface area (Å²) in [7, 11) is 0. The second-order valence-corrected chi connectivity index (χ2v) is 6.59. The minimum Gasteiger partial charge on any atom is -0.396 e. The Labute approximate surface area is 142 Å². The molecular weight excluding hydrogens is 302 g/mol. The maximum atomic E-state index is 12.0. The molecule has 0 aliphatic carbocycles. The fourth-order valence-corrected chi connectivity index (χ4v) is 3.18. The van der Waals surface area contributed by atoms with Crippen LogP contribution in [-0.4, -0.2) is 40.2 Å². The Morgan fingerprint density at radius 1 is 1.42 bits per heavy atom. The van der Waals surface area contributed by atoms with Gasteiger partial charge in [0.15, 0.2) is 0 Å². The number of hydrogen-bond acceptors (Lipinski definition) is 4. The van der Waals surface area contributed by atoms with Gasteiger partial charge in [-0.3, -0.25) is 14.4 Å². The van der Waals surface area contributed by atoms with E-state index in [4.69, 9.17) is 5.73 Å². The molecule has 1 aromatic carbocycles. The Morgan fingerprint density at radius 2 is 2.25 bits per heavy atom. The summed E-state index contributed by atoms with van der Waals surface area (Å²) in [5.74, 6) is 0.496. The first-order valence-electron chi connectivity index (χ1n) is 8.41. The van der Waals surface area contributed by atoms with Crippen molar-refractivity contribution in [1.82, 2.24) is 20.0 Å². The highest BCUT2D eigenvalue weighted by Gasteiger charge is 2.23. The van der Waals surface area contributed by atoms with E-state index in [1.54, 1.807) is 17.1 Å². The van der Waals surface area contributed by atoms with E-state index in [0.29, 0.717) is 11.6 Å². The standard InChI is InChI=1S/C18H25N5O/c1-14-4-2-3-5-16(14)11-22-7-6-15(10-22)8-20-18(24)13-23-12-17(19)9-21-23/h2-5,9,12,15H,6-8,10-11,13,19H2,1H3,(H,20,24)/t15-/m1/s1. The number of benzene rings is 1. The lowest BCUT2D eigenvalue weighted by Crippen LogP contribution is -2.33. The minimum atomic E-state index is -0.0181. The zero-order chi connectivity index (χ0) is 16.9. The van der Waals surface area contributed by atoms with Crippen molar-refractivity contribution in [2.24, 2.45) is 5.92 Å². The molecule has 0 saturated carbocycles. The van der Waals surface area contributed by atoms with Gasteiger partial charge in [-0.2, -0.15) is 5.10 Å². The summed E-state index contributed by atoms with van der Waals surface area (Å²) in [6.07, 6.45) is 4.34. The van der Waals surface area contributed by atoms with Crippen LogP contribution in [0.4, 0.5) is 5.69 Å². The van der Waals surface area contributed by atoms with Gasteiger partial charge in [-0.05, 0) is 36.9 Å². The topological polar surface area (TPSA) is 76.2 Å². The molecule has 3 rings (SSSR count). The summed E-state index contributed by atoms with van der Waals surface area (Å²) in [6, 6.07) is 8.53. The zero-order valence-electron chi connectivity index (χ0n) is 14.1.